The van der Waals surface area contributed by atoms with Crippen LogP contribution in [0.1, 0.15) is 25.0 Å². The predicted octanol–water partition coefficient (Wildman–Crippen LogP) is 2.01. The number of nitrogens with zero attached hydrogens (tertiary/aromatic N) is 2. The van der Waals surface area contributed by atoms with Crippen LogP contribution in [-0.4, -0.2) is 30.2 Å². The number of aromatic nitrogens is 2. The number of ether oxygens (including phenoxy) is 1. The number of hydrogen-bond acceptors (Lipinski definition) is 6. The molecule has 20 heavy (non-hydrogen) atoms. The maximum absolute atomic E-state index is 12.6. The highest BCUT2D eigenvalue weighted by atomic mass is 19.4. The second-order valence-electron chi connectivity index (χ2n) is 4.08. The Kier molecular flexibility index (Phi) is 6.46. The van der Waals surface area contributed by atoms with Crippen LogP contribution in [0.4, 0.5) is 24.9 Å². The highest BCUT2D eigenvalue weighted by Gasteiger charge is 2.33. The van der Waals surface area contributed by atoms with E-state index in [4.69, 9.17) is 10.6 Å². The van der Waals surface area contributed by atoms with E-state index in [2.05, 4.69) is 15.3 Å². The zero-order chi connectivity index (χ0) is 15.0. The van der Waals surface area contributed by atoms with Gasteiger partial charge in [0.15, 0.2) is 5.69 Å². The van der Waals surface area contributed by atoms with Gasteiger partial charge in [-0.05, 0) is 19.3 Å². The summed E-state index contributed by atoms with van der Waals surface area (Å²) in [6.07, 6.45) is -1.91. The predicted molar refractivity (Wildman–Crippen MR) is 69.1 cm³/mol. The molecule has 4 N–H and O–H groups in total. The van der Waals surface area contributed by atoms with E-state index in [1.54, 1.807) is 7.11 Å². The third-order valence-electron chi connectivity index (χ3n) is 2.48. The van der Waals surface area contributed by atoms with Crippen molar-refractivity contribution in [2.24, 2.45) is 5.84 Å². The van der Waals surface area contributed by atoms with Gasteiger partial charge < -0.3 is 10.1 Å². The van der Waals surface area contributed by atoms with Crippen LogP contribution in [0, 0.1) is 0 Å². The Morgan fingerprint density at radius 1 is 1.25 bits per heavy atom. The van der Waals surface area contributed by atoms with E-state index in [9.17, 15) is 13.2 Å². The van der Waals surface area contributed by atoms with Crippen molar-refractivity contribution >= 4 is 11.8 Å². The van der Waals surface area contributed by atoms with Crippen molar-refractivity contribution in [2.75, 3.05) is 31.0 Å². The number of hydrogen-bond donors (Lipinski definition) is 3. The van der Waals surface area contributed by atoms with Crippen LogP contribution in [0.3, 0.4) is 0 Å². The number of methoxy groups -OCH3 is 1. The summed E-state index contributed by atoms with van der Waals surface area (Å²) < 4.78 is 42.7. The van der Waals surface area contributed by atoms with Crippen LogP contribution in [0.2, 0.25) is 0 Å². The van der Waals surface area contributed by atoms with Gasteiger partial charge in [0.25, 0.3) is 0 Å². The first-order valence-corrected chi connectivity index (χ1v) is 6.13. The van der Waals surface area contributed by atoms with Crippen LogP contribution in [-0.2, 0) is 10.9 Å². The van der Waals surface area contributed by atoms with Crippen molar-refractivity contribution in [3.8, 4) is 0 Å². The molecule has 0 radical (unpaired) electrons. The molecule has 0 aliphatic carbocycles. The third kappa shape index (κ3) is 5.57. The lowest BCUT2D eigenvalue weighted by Crippen LogP contribution is -2.17. The fourth-order valence-electron chi connectivity index (χ4n) is 1.51. The Morgan fingerprint density at radius 3 is 2.60 bits per heavy atom. The van der Waals surface area contributed by atoms with E-state index in [1.807, 2.05) is 5.43 Å². The Labute approximate surface area is 114 Å². The zero-order valence-electron chi connectivity index (χ0n) is 11.1. The van der Waals surface area contributed by atoms with Gasteiger partial charge in [-0.2, -0.15) is 18.2 Å². The Balaban J connectivity index is 2.56. The maximum Gasteiger partial charge on any atom is 0.433 e. The highest BCUT2D eigenvalue weighted by molar-refractivity contribution is 5.42. The fraction of sp³-hybridized carbons (Fsp3) is 0.636. The molecule has 1 rings (SSSR count). The zero-order valence-corrected chi connectivity index (χ0v) is 11.1. The van der Waals surface area contributed by atoms with Gasteiger partial charge in [0.1, 0.15) is 5.82 Å². The van der Waals surface area contributed by atoms with E-state index in [1.165, 1.54) is 0 Å². The number of nitrogen functional groups attached to an aromatic ring is 1. The van der Waals surface area contributed by atoms with E-state index >= 15 is 0 Å². The monoisotopic (exact) mass is 293 g/mol. The average molecular weight is 293 g/mol. The molecule has 1 aromatic rings. The topological polar surface area (TPSA) is 85.1 Å². The summed E-state index contributed by atoms with van der Waals surface area (Å²) in [5, 5.41) is 2.82. The average Bonchev–Trinajstić information content (AvgIpc) is 2.41. The highest BCUT2D eigenvalue weighted by Crippen LogP contribution is 2.29. The van der Waals surface area contributed by atoms with Crippen molar-refractivity contribution < 1.29 is 17.9 Å². The van der Waals surface area contributed by atoms with Crippen LogP contribution < -0.4 is 16.6 Å². The molecule has 6 nitrogen and oxygen atoms in total. The molecule has 114 valence electrons. The molecule has 0 amide bonds. The van der Waals surface area contributed by atoms with E-state index in [-0.39, 0.29) is 11.8 Å². The van der Waals surface area contributed by atoms with Crippen molar-refractivity contribution in [1.82, 2.24) is 9.97 Å². The van der Waals surface area contributed by atoms with Crippen molar-refractivity contribution in [3.05, 3.63) is 11.8 Å². The standard InChI is InChI=1S/C11H18F3N5O/c1-20-6-4-2-3-5-16-9-7-8(11(12,13)14)17-10(18-9)19-15/h7H,2-6,15H2,1H3,(H2,16,17,18,19). The van der Waals surface area contributed by atoms with Gasteiger partial charge in [0.05, 0.1) is 0 Å². The lowest BCUT2D eigenvalue weighted by atomic mass is 10.2. The Morgan fingerprint density at radius 2 is 2.00 bits per heavy atom. The number of unbranched alkanes of at least 4 members (excludes halogenated alkanes) is 2. The molecule has 0 fully saturated rings. The first-order chi connectivity index (χ1) is 9.47. The van der Waals surface area contributed by atoms with Gasteiger partial charge in [0.2, 0.25) is 5.95 Å². The summed E-state index contributed by atoms with van der Waals surface area (Å²) in [6.45, 7) is 1.19. The van der Waals surface area contributed by atoms with Crippen molar-refractivity contribution in [1.29, 1.82) is 0 Å². The summed E-state index contributed by atoms with van der Waals surface area (Å²) in [7, 11) is 1.62. The Bertz CT molecular complexity index is 414. The van der Waals surface area contributed by atoms with Gasteiger partial charge >= 0.3 is 6.18 Å². The smallest absolute Gasteiger partial charge is 0.385 e. The van der Waals surface area contributed by atoms with Crippen LogP contribution in [0.25, 0.3) is 0 Å². The van der Waals surface area contributed by atoms with E-state index in [0.717, 1.165) is 25.3 Å². The molecule has 0 aliphatic rings. The Hall–Kier alpha value is -1.61. The molecule has 0 aliphatic heterocycles. The SMILES string of the molecule is COCCCCCNc1cc(C(F)(F)F)nc(NN)n1. The number of nitrogens with one attached hydrogen (secondary N) is 2. The van der Waals surface area contributed by atoms with Crippen LogP contribution >= 0.6 is 0 Å². The minimum atomic E-state index is -4.54. The molecule has 9 heteroatoms. The summed E-state index contributed by atoms with van der Waals surface area (Å²) in [4.78, 5) is 7.08. The van der Waals surface area contributed by atoms with Gasteiger partial charge in [-0.25, -0.2) is 10.8 Å². The van der Waals surface area contributed by atoms with Crippen molar-refractivity contribution in [3.63, 3.8) is 0 Å². The summed E-state index contributed by atoms with van der Waals surface area (Å²) in [5.41, 5.74) is 0.980. The normalized spacial score (nSPS) is 11.4. The summed E-state index contributed by atoms with van der Waals surface area (Å²) in [6, 6.07) is 0.857. The minimum absolute atomic E-state index is 0.0898. The lowest BCUT2D eigenvalue weighted by Gasteiger charge is -2.11. The number of rotatable bonds is 8. The first kappa shape index (κ1) is 16.4. The second kappa shape index (κ2) is 7.85. The second-order valence-corrected chi connectivity index (χ2v) is 4.08. The first-order valence-electron chi connectivity index (χ1n) is 6.13. The number of nitrogens with two attached hydrogens (primary N) is 1. The molecule has 0 aromatic carbocycles. The largest absolute Gasteiger partial charge is 0.433 e. The number of alkyl halides is 3. The molecule has 0 unspecified atom stereocenters. The molecule has 1 aromatic heterocycles. The van der Waals surface area contributed by atoms with Crippen LogP contribution in [0.15, 0.2) is 6.07 Å². The van der Waals surface area contributed by atoms with Crippen LogP contribution in [0.5, 0.6) is 0 Å². The molecular formula is C11H18F3N5O. The number of anilines is 2. The molecule has 0 atom stereocenters. The number of hydrazine groups is 1. The summed E-state index contributed by atoms with van der Waals surface area (Å²) >= 11 is 0. The van der Waals surface area contributed by atoms with Crippen molar-refractivity contribution in [2.45, 2.75) is 25.4 Å². The van der Waals surface area contributed by atoms with E-state index in [0.29, 0.717) is 13.2 Å². The molecule has 0 bridgehead atoms. The molecule has 0 saturated heterocycles. The third-order valence-corrected chi connectivity index (χ3v) is 2.48. The molecular weight excluding hydrogens is 275 g/mol. The molecule has 0 spiro atoms. The fourth-order valence-corrected chi connectivity index (χ4v) is 1.51. The van der Waals surface area contributed by atoms with E-state index < -0.39 is 11.9 Å². The van der Waals surface area contributed by atoms with Gasteiger partial charge in [-0.3, -0.25) is 5.43 Å². The minimum Gasteiger partial charge on any atom is -0.385 e. The van der Waals surface area contributed by atoms with Gasteiger partial charge in [0, 0.05) is 26.3 Å². The lowest BCUT2D eigenvalue weighted by molar-refractivity contribution is -0.141. The quantitative estimate of drug-likeness (QED) is 0.386. The molecule has 1 heterocycles. The molecule has 0 saturated carbocycles. The van der Waals surface area contributed by atoms with Gasteiger partial charge in [-0.1, -0.05) is 0 Å². The maximum atomic E-state index is 12.6. The number of halogens is 3. The van der Waals surface area contributed by atoms with Gasteiger partial charge in [-0.15, -0.1) is 0 Å². The summed E-state index contributed by atoms with van der Waals surface area (Å²) in [5.74, 6) is 4.87.